The molecule has 0 saturated heterocycles. The fourth-order valence-electron chi connectivity index (χ4n) is 3.65. The molecule has 28 heavy (non-hydrogen) atoms. The second kappa shape index (κ2) is 6.66. The number of carbonyl (C=O) groups is 3. The lowest BCUT2D eigenvalue weighted by atomic mass is 10.1. The van der Waals surface area contributed by atoms with Crippen molar-refractivity contribution in [2.75, 3.05) is 5.32 Å². The molecule has 2 aromatic heterocycles. The van der Waals surface area contributed by atoms with Gasteiger partial charge in [-0.05, 0) is 44.2 Å². The van der Waals surface area contributed by atoms with Crippen molar-refractivity contribution in [1.82, 2.24) is 14.9 Å². The van der Waals surface area contributed by atoms with Crippen LogP contribution in [0.15, 0.2) is 6.07 Å². The molecule has 1 atom stereocenters. The lowest BCUT2D eigenvalue weighted by Gasteiger charge is -2.23. The van der Waals surface area contributed by atoms with Crippen molar-refractivity contribution in [3.8, 4) is 10.6 Å². The number of nitrogens with one attached hydrogen (secondary N) is 1. The number of aryl methyl sites for hydroxylation is 1. The number of carbonyl (C=O) groups excluding carboxylic acids is 3. The first kappa shape index (κ1) is 18.5. The molecule has 2 aliphatic rings. The van der Waals surface area contributed by atoms with E-state index in [1.54, 1.807) is 0 Å². The minimum absolute atomic E-state index is 0.00289. The molecular formula is C19H21N5O3S. The van der Waals surface area contributed by atoms with Gasteiger partial charge in [-0.2, -0.15) is 0 Å². The van der Waals surface area contributed by atoms with E-state index in [1.165, 1.54) is 18.3 Å². The average Bonchev–Trinajstić information content (AvgIpc) is 3.33. The molecule has 1 aliphatic carbocycles. The van der Waals surface area contributed by atoms with Crippen molar-refractivity contribution in [1.29, 1.82) is 0 Å². The van der Waals surface area contributed by atoms with Crippen LogP contribution in [-0.4, -0.2) is 38.6 Å². The Labute approximate surface area is 166 Å². The molecule has 9 heteroatoms. The Morgan fingerprint density at radius 1 is 1.36 bits per heavy atom. The monoisotopic (exact) mass is 399 g/mol. The van der Waals surface area contributed by atoms with E-state index >= 15 is 0 Å². The number of hydrogen-bond acceptors (Lipinski definition) is 6. The van der Waals surface area contributed by atoms with Gasteiger partial charge in [0.1, 0.15) is 5.69 Å². The highest BCUT2D eigenvalue weighted by Crippen LogP contribution is 2.40. The lowest BCUT2D eigenvalue weighted by molar-refractivity contribution is -0.114. The quantitative estimate of drug-likeness (QED) is 0.800. The molecule has 0 radical (unpaired) electrons. The van der Waals surface area contributed by atoms with Crippen LogP contribution in [0.2, 0.25) is 0 Å². The standard InChI is InChI=1S/C19H21N5O3S/c1-8-16(28-19(21-8)22-10(3)25)13-6-12-7-24(9(2)11-4-5-11)18(27)14(12)15(23-13)17(20)26/h6,9,11H,4-5,7H2,1-3H3,(H2,20,26)(H,21,22,25). The molecule has 0 bridgehead atoms. The average molecular weight is 399 g/mol. The summed E-state index contributed by atoms with van der Waals surface area (Å²) in [5.74, 6) is -0.596. The maximum Gasteiger partial charge on any atom is 0.268 e. The SMILES string of the molecule is CC(=O)Nc1nc(C)c(-c2cc3c(c(C(N)=O)n2)C(=O)N(C(C)C2CC2)C3)s1. The van der Waals surface area contributed by atoms with Crippen molar-refractivity contribution in [3.05, 3.63) is 28.6 Å². The Morgan fingerprint density at radius 2 is 2.07 bits per heavy atom. The van der Waals surface area contributed by atoms with Gasteiger partial charge < -0.3 is 16.0 Å². The molecule has 0 aromatic carbocycles. The number of amides is 3. The van der Waals surface area contributed by atoms with Crippen LogP contribution >= 0.6 is 11.3 Å². The first-order chi connectivity index (χ1) is 13.3. The zero-order valence-corrected chi connectivity index (χ0v) is 16.7. The van der Waals surface area contributed by atoms with Gasteiger partial charge in [0.05, 0.1) is 21.8 Å². The molecule has 146 valence electrons. The van der Waals surface area contributed by atoms with E-state index in [9.17, 15) is 14.4 Å². The van der Waals surface area contributed by atoms with Crippen LogP contribution in [-0.2, 0) is 11.3 Å². The largest absolute Gasteiger partial charge is 0.364 e. The van der Waals surface area contributed by atoms with Gasteiger partial charge in [-0.3, -0.25) is 14.4 Å². The molecule has 4 rings (SSSR count). The highest BCUT2D eigenvalue weighted by Gasteiger charge is 2.40. The topological polar surface area (TPSA) is 118 Å². The van der Waals surface area contributed by atoms with Crippen LogP contribution in [0.3, 0.4) is 0 Å². The number of rotatable bonds is 5. The number of thiazole rings is 1. The van der Waals surface area contributed by atoms with Crippen LogP contribution in [0.5, 0.6) is 0 Å². The molecule has 3 N–H and O–H groups in total. The summed E-state index contributed by atoms with van der Waals surface area (Å²) in [7, 11) is 0. The zero-order chi connectivity index (χ0) is 20.2. The molecule has 8 nitrogen and oxygen atoms in total. The predicted octanol–water partition coefficient (Wildman–Crippen LogP) is 2.33. The van der Waals surface area contributed by atoms with Gasteiger partial charge in [-0.15, -0.1) is 0 Å². The summed E-state index contributed by atoms with van der Waals surface area (Å²) in [6.45, 7) is 5.71. The van der Waals surface area contributed by atoms with E-state index in [4.69, 9.17) is 5.73 Å². The van der Waals surface area contributed by atoms with Crippen molar-refractivity contribution < 1.29 is 14.4 Å². The number of hydrogen-bond donors (Lipinski definition) is 2. The van der Waals surface area contributed by atoms with Gasteiger partial charge in [-0.25, -0.2) is 9.97 Å². The summed E-state index contributed by atoms with van der Waals surface area (Å²) in [6.07, 6.45) is 2.25. The number of primary amides is 1. The minimum atomic E-state index is -0.725. The fraction of sp³-hybridized carbons (Fsp3) is 0.421. The molecule has 0 spiro atoms. The Morgan fingerprint density at radius 3 is 2.68 bits per heavy atom. The molecule has 1 unspecified atom stereocenters. The summed E-state index contributed by atoms with van der Waals surface area (Å²) in [6, 6.07) is 1.96. The number of nitrogens with zero attached hydrogens (tertiary/aromatic N) is 3. The van der Waals surface area contributed by atoms with Crippen molar-refractivity contribution in [2.24, 2.45) is 11.7 Å². The maximum absolute atomic E-state index is 13.0. The fourth-order valence-corrected chi connectivity index (χ4v) is 4.63. The minimum Gasteiger partial charge on any atom is -0.364 e. The first-order valence-electron chi connectivity index (χ1n) is 9.16. The van der Waals surface area contributed by atoms with E-state index in [0.717, 1.165) is 23.3 Å². The van der Waals surface area contributed by atoms with Gasteiger partial charge in [0.2, 0.25) is 5.91 Å². The van der Waals surface area contributed by atoms with E-state index in [1.807, 2.05) is 24.8 Å². The Hall–Kier alpha value is -2.81. The summed E-state index contributed by atoms with van der Waals surface area (Å²) in [4.78, 5) is 47.6. The third-order valence-electron chi connectivity index (χ3n) is 5.26. The van der Waals surface area contributed by atoms with Gasteiger partial charge in [0, 0.05) is 19.5 Å². The third-order valence-corrected chi connectivity index (χ3v) is 6.35. The van der Waals surface area contributed by atoms with Gasteiger partial charge in [0.15, 0.2) is 5.13 Å². The molecule has 3 heterocycles. The van der Waals surface area contributed by atoms with E-state index < -0.39 is 5.91 Å². The van der Waals surface area contributed by atoms with Crippen molar-refractivity contribution in [3.63, 3.8) is 0 Å². The molecule has 1 saturated carbocycles. The van der Waals surface area contributed by atoms with Gasteiger partial charge >= 0.3 is 0 Å². The number of pyridine rings is 1. The number of aromatic nitrogens is 2. The second-order valence-corrected chi connectivity index (χ2v) is 8.38. The predicted molar refractivity (Wildman–Crippen MR) is 105 cm³/mol. The zero-order valence-electron chi connectivity index (χ0n) is 15.9. The maximum atomic E-state index is 13.0. The smallest absolute Gasteiger partial charge is 0.268 e. The highest BCUT2D eigenvalue weighted by molar-refractivity contribution is 7.19. The third kappa shape index (κ3) is 3.15. The summed E-state index contributed by atoms with van der Waals surface area (Å²) in [5.41, 5.74) is 7.84. The van der Waals surface area contributed by atoms with Crippen LogP contribution in [0.1, 0.15) is 58.8 Å². The normalized spacial score (nSPS) is 16.8. The summed E-state index contributed by atoms with van der Waals surface area (Å²) in [5, 5.41) is 3.12. The first-order valence-corrected chi connectivity index (χ1v) is 9.98. The van der Waals surface area contributed by atoms with Crippen molar-refractivity contribution >= 4 is 34.2 Å². The Balaban J connectivity index is 1.77. The molecule has 2 aromatic rings. The lowest BCUT2D eigenvalue weighted by Crippen LogP contribution is -2.35. The summed E-state index contributed by atoms with van der Waals surface area (Å²) >= 11 is 1.27. The van der Waals surface area contributed by atoms with Crippen molar-refractivity contribution in [2.45, 2.75) is 46.2 Å². The van der Waals surface area contributed by atoms with Crippen LogP contribution in [0.4, 0.5) is 5.13 Å². The molecule has 1 aliphatic heterocycles. The highest BCUT2D eigenvalue weighted by atomic mass is 32.1. The van der Waals surface area contributed by atoms with Gasteiger partial charge in [-0.1, -0.05) is 11.3 Å². The molecular weight excluding hydrogens is 378 g/mol. The van der Waals surface area contributed by atoms with Gasteiger partial charge in [0.25, 0.3) is 11.8 Å². The Bertz CT molecular complexity index is 1010. The number of fused-ring (bicyclic) bond motifs is 1. The van der Waals surface area contributed by atoms with E-state index in [-0.39, 0.29) is 23.6 Å². The molecule has 1 fully saturated rings. The summed E-state index contributed by atoms with van der Waals surface area (Å²) < 4.78 is 0. The van der Waals surface area contributed by atoms with Crippen LogP contribution < -0.4 is 11.1 Å². The number of nitrogens with two attached hydrogens (primary N) is 1. The molecule has 3 amide bonds. The van der Waals surface area contributed by atoms with E-state index in [0.29, 0.717) is 34.5 Å². The van der Waals surface area contributed by atoms with Crippen LogP contribution in [0.25, 0.3) is 10.6 Å². The van der Waals surface area contributed by atoms with Crippen LogP contribution in [0, 0.1) is 12.8 Å². The number of anilines is 1. The second-order valence-electron chi connectivity index (χ2n) is 7.38. The Kier molecular flexibility index (Phi) is 4.41. The van der Waals surface area contributed by atoms with E-state index in [2.05, 4.69) is 15.3 Å².